The van der Waals surface area contributed by atoms with Crippen molar-refractivity contribution < 1.29 is 17.6 Å². The first-order valence-corrected chi connectivity index (χ1v) is 6.75. The lowest BCUT2D eigenvalue weighted by Gasteiger charge is -2.34. The standard InChI is InChI=1S/C14H18F4N2.ClH/c1-2-13(20-7-5-19-6-8-20)10-3-4-11(12(15)9-10)14(16,17)18;/h3-4,9,13,19H,2,5-8H2,1H3;1H/t13-;/m1./s1. The van der Waals surface area contributed by atoms with Crippen LogP contribution in [-0.2, 0) is 6.18 Å². The van der Waals surface area contributed by atoms with Crippen LogP contribution < -0.4 is 5.32 Å². The maximum Gasteiger partial charge on any atom is 0.419 e. The molecule has 0 aliphatic carbocycles. The van der Waals surface area contributed by atoms with Gasteiger partial charge in [0.05, 0.1) is 5.56 Å². The molecule has 1 heterocycles. The summed E-state index contributed by atoms with van der Waals surface area (Å²) in [5, 5.41) is 3.22. The molecule has 1 aliphatic rings. The Morgan fingerprint density at radius 3 is 2.33 bits per heavy atom. The minimum Gasteiger partial charge on any atom is -0.314 e. The van der Waals surface area contributed by atoms with Gasteiger partial charge in [0.15, 0.2) is 0 Å². The van der Waals surface area contributed by atoms with E-state index in [0.29, 0.717) is 5.56 Å². The Kier molecular flexibility index (Phi) is 6.43. The Morgan fingerprint density at radius 2 is 1.86 bits per heavy atom. The second-order valence-corrected chi connectivity index (χ2v) is 4.95. The molecule has 120 valence electrons. The fourth-order valence-corrected chi connectivity index (χ4v) is 2.67. The SMILES string of the molecule is CC[C@H](c1ccc(C(F)(F)F)c(F)c1)N1CCNCC1.Cl. The van der Waals surface area contributed by atoms with Crippen LogP contribution in [0.1, 0.15) is 30.5 Å². The van der Waals surface area contributed by atoms with E-state index >= 15 is 0 Å². The molecule has 1 aromatic carbocycles. The van der Waals surface area contributed by atoms with E-state index in [1.54, 1.807) is 0 Å². The molecule has 7 heteroatoms. The van der Waals surface area contributed by atoms with E-state index in [9.17, 15) is 17.6 Å². The minimum atomic E-state index is -4.64. The van der Waals surface area contributed by atoms with Gasteiger partial charge >= 0.3 is 6.18 Å². The highest BCUT2D eigenvalue weighted by Gasteiger charge is 2.34. The van der Waals surface area contributed by atoms with Gasteiger partial charge in [0.1, 0.15) is 5.82 Å². The smallest absolute Gasteiger partial charge is 0.314 e. The van der Waals surface area contributed by atoms with E-state index in [1.165, 1.54) is 6.07 Å². The van der Waals surface area contributed by atoms with Gasteiger partial charge in [-0.05, 0) is 24.1 Å². The average Bonchev–Trinajstić information content (AvgIpc) is 2.39. The minimum absolute atomic E-state index is 0. The molecule has 0 radical (unpaired) electrons. The number of hydrogen-bond acceptors (Lipinski definition) is 2. The third-order valence-electron chi connectivity index (χ3n) is 3.66. The van der Waals surface area contributed by atoms with E-state index in [-0.39, 0.29) is 18.4 Å². The third-order valence-corrected chi connectivity index (χ3v) is 3.66. The first-order valence-electron chi connectivity index (χ1n) is 6.75. The summed E-state index contributed by atoms with van der Waals surface area (Å²) in [6.07, 6.45) is -3.90. The number of halogens is 5. The predicted molar refractivity (Wildman–Crippen MR) is 76.1 cm³/mol. The summed E-state index contributed by atoms with van der Waals surface area (Å²) in [5.74, 6) is -1.19. The Bertz CT molecular complexity index is 459. The number of benzene rings is 1. The lowest BCUT2D eigenvalue weighted by molar-refractivity contribution is -0.140. The summed E-state index contributed by atoms with van der Waals surface area (Å²) in [5.41, 5.74) is -0.587. The molecule has 2 rings (SSSR count). The summed E-state index contributed by atoms with van der Waals surface area (Å²) >= 11 is 0. The van der Waals surface area contributed by atoms with Gasteiger partial charge in [-0.1, -0.05) is 13.0 Å². The van der Waals surface area contributed by atoms with Gasteiger partial charge in [0.2, 0.25) is 0 Å². The van der Waals surface area contributed by atoms with Crippen LogP contribution in [0, 0.1) is 5.82 Å². The highest BCUT2D eigenvalue weighted by atomic mass is 35.5. The van der Waals surface area contributed by atoms with Crippen molar-refractivity contribution in [2.24, 2.45) is 0 Å². The maximum atomic E-state index is 13.7. The van der Waals surface area contributed by atoms with E-state index in [2.05, 4.69) is 10.2 Å². The zero-order valence-corrected chi connectivity index (χ0v) is 12.5. The fourth-order valence-electron chi connectivity index (χ4n) is 2.67. The molecule has 1 fully saturated rings. The highest BCUT2D eigenvalue weighted by Crippen LogP contribution is 2.34. The number of rotatable bonds is 3. The Labute approximate surface area is 127 Å². The highest BCUT2D eigenvalue weighted by molar-refractivity contribution is 5.85. The van der Waals surface area contributed by atoms with Crippen LogP contribution in [-0.4, -0.2) is 31.1 Å². The summed E-state index contributed by atoms with van der Waals surface area (Å²) in [6, 6.07) is 3.23. The van der Waals surface area contributed by atoms with Crippen molar-refractivity contribution in [2.45, 2.75) is 25.6 Å². The number of alkyl halides is 3. The second kappa shape index (κ2) is 7.42. The quantitative estimate of drug-likeness (QED) is 0.853. The van der Waals surface area contributed by atoms with Crippen LogP contribution in [0.2, 0.25) is 0 Å². The Hall–Kier alpha value is -0.850. The van der Waals surface area contributed by atoms with Crippen molar-refractivity contribution in [3.05, 3.63) is 35.1 Å². The first-order chi connectivity index (χ1) is 9.43. The average molecular weight is 327 g/mol. The largest absolute Gasteiger partial charge is 0.419 e. The van der Waals surface area contributed by atoms with Gasteiger partial charge in [0, 0.05) is 32.2 Å². The first kappa shape index (κ1) is 18.2. The molecule has 0 amide bonds. The summed E-state index contributed by atoms with van der Waals surface area (Å²) < 4.78 is 51.3. The molecule has 0 bridgehead atoms. The number of piperazine rings is 1. The molecule has 0 aromatic heterocycles. The number of nitrogens with zero attached hydrogens (tertiary/aromatic N) is 1. The van der Waals surface area contributed by atoms with E-state index in [0.717, 1.165) is 44.7 Å². The van der Waals surface area contributed by atoms with Crippen LogP contribution in [0.5, 0.6) is 0 Å². The van der Waals surface area contributed by atoms with E-state index < -0.39 is 17.6 Å². The van der Waals surface area contributed by atoms with Gasteiger partial charge in [0.25, 0.3) is 0 Å². The zero-order valence-electron chi connectivity index (χ0n) is 11.7. The summed E-state index contributed by atoms with van der Waals surface area (Å²) in [6.45, 7) is 5.30. The topological polar surface area (TPSA) is 15.3 Å². The van der Waals surface area contributed by atoms with Crippen LogP contribution in [0.4, 0.5) is 17.6 Å². The molecule has 0 spiro atoms. The molecule has 1 saturated heterocycles. The van der Waals surface area contributed by atoms with Crippen molar-refractivity contribution in [3.63, 3.8) is 0 Å². The van der Waals surface area contributed by atoms with Crippen molar-refractivity contribution in [1.29, 1.82) is 0 Å². The van der Waals surface area contributed by atoms with E-state index in [4.69, 9.17) is 0 Å². The molecule has 1 aliphatic heterocycles. The van der Waals surface area contributed by atoms with Crippen LogP contribution >= 0.6 is 12.4 Å². The molecular formula is C14H19ClF4N2. The van der Waals surface area contributed by atoms with Gasteiger partial charge < -0.3 is 5.32 Å². The molecule has 21 heavy (non-hydrogen) atoms. The van der Waals surface area contributed by atoms with Crippen LogP contribution in [0.3, 0.4) is 0 Å². The van der Waals surface area contributed by atoms with Crippen molar-refractivity contribution in [1.82, 2.24) is 10.2 Å². The maximum absolute atomic E-state index is 13.7. The normalized spacial score (nSPS) is 18.1. The van der Waals surface area contributed by atoms with E-state index in [1.807, 2.05) is 6.92 Å². The zero-order chi connectivity index (χ0) is 14.8. The number of hydrogen-bond donors (Lipinski definition) is 1. The molecule has 1 N–H and O–H groups in total. The summed E-state index contributed by atoms with van der Waals surface area (Å²) in [4.78, 5) is 2.18. The van der Waals surface area contributed by atoms with Crippen molar-refractivity contribution in [3.8, 4) is 0 Å². The number of nitrogens with one attached hydrogen (secondary N) is 1. The molecule has 2 nitrogen and oxygen atoms in total. The molecule has 0 unspecified atom stereocenters. The molecule has 1 atom stereocenters. The molecule has 1 aromatic rings. The third kappa shape index (κ3) is 4.31. The van der Waals surface area contributed by atoms with Gasteiger partial charge in [-0.15, -0.1) is 12.4 Å². The van der Waals surface area contributed by atoms with Crippen LogP contribution in [0.25, 0.3) is 0 Å². The monoisotopic (exact) mass is 326 g/mol. The predicted octanol–water partition coefficient (Wildman–Crippen LogP) is 3.62. The lowest BCUT2D eigenvalue weighted by atomic mass is 10.00. The fraction of sp³-hybridized carbons (Fsp3) is 0.571. The molecule has 0 saturated carbocycles. The Morgan fingerprint density at radius 1 is 1.24 bits per heavy atom. The van der Waals surface area contributed by atoms with Gasteiger partial charge in [-0.2, -0.15) is 13.2 Å². The Balaban J connectivity index is 0.00000220. The molecular weight excluding hydrogens is 308 g/mol. The van der Waals surface area contributed by atoms with Crippen molar-refractivity contribution >= 4 is 12.4 Å². The van der Waals surface area contributed by atoms with Crippen molar-refractivity contribution in [2.75, 3.05) is 26.2 Å². The van der Waals surface area contributed by atoms with Crippen LogP contribution in [0.15, 0.2) is 18.2 Å². The second-order valence-electron chi connectivity index (χ2n) is 4.95. The van der Waals surface area contributed by atoms with Gasteiger partial charge in [-0.3, -0.25) is 4.90 Å². The van der Waals surface area contributed by atoms with Gasteiger partial charge in [-0.25, -0.2) is 4.39 Å². The lowest BCUT2D eigenvalue weighted by Crippen LogP contribution is -2.45. The summed E-state index contributed by atoms with van der Waals surface area (Å²) in [7, 11) is 0.